The predicted molar refractivity (Wildman–Crippen MR) is 62.4 cm³/mol. The standard InChI is InChI=1S/C9H12.C4H6O3/c1-8(2)9-6-4-3-5-7-9;1-3-2-6-4(5)7-3/h3-8H,1-2H3;3H,2H2,1H3. The Balaban J connectivity index is 0.000000165. The van der Waals surface area contributed by atoms with Gasteiger partial charge < -0.3 is 9.47 Å². The molecule has 16 heavy (non-hydrogen) atoms. The smallest absolute Gasteiger partial charge is 0.430 e. The Hall–Kier alpha value is -1.51. The van der Waals surface area contributed by atoms with Gasteiger partial charge in [0.25, 0.3) is 0 Å². The minimum Gasteiger partial charge on any atom is -0.430 e. The maximum absolute atomic E-state index is 10.0. The summed E-state index contributed by atoms with van der Waals surface area (Å²) in [6, 6.07) is 10.5. The number of rotatable bonds is 1. The van der Waals surface area contributed by atoms with Crippen LogP contribution in [0.15, 0.2) is 30.3 Å². The first-order valence-electron chi connectivity index (χ1n) is 5.48. The van der Waals surface area contributed by atoms with E-state index in [-0.39, 0.29) is 6.10 Å². The molecule has 1 unspecified atom stereocenters. The molecule has 1 saturated heterocycles. The van der Waals surface area contributed by atoms with Gasteiger partial charge in [-0.2, -0.15) is 0 Å². The molecule has 0 spiro atoms. The molecule has 0 bridgehead atoms. The number of cyclic esters (lactones) is 2. The number of carbonyl (C=O) groups is 1. The van der Waals surface area contributed by atoms with Crippen LogP contribution in [0.5, 0.6) is 0 Å². The van der Waals surface area contributed by atoms with Crippen molar-refractivity contribution in [2.45, 2.75) is 32.8 Å². The van der Waals surface area contributed by atoms with E-state index in [0.717, 1.165) is 0 Å². The molecule has 1 aliphatic rings. The average molecular weight is 222 g/mol. The van der Waals surface area contributed by atoms with E-state index >= 15 is 0 Å². The summed E-state index contributed by atoms with van der Waals surface area (Å²) >= 11 is 0. The van der Waals surface area contributed by atoms with Crippen molar-refractivity contribution >= 4 is 6.16 Å². The van der Waals surface area contributed by atoms with Gasteiger partial charge in [-0.15, -0.1) is 0 Å². The molecule has 0 aliphatic carbocycles. The molecule has 2 rings (SSSR count). The first kappa shape index (κ1) is 12.6. The van der Waals surface area contributed by atoms with Crippen molar-refractivity contribution in [2.24, 2.45) is 0 Å². The lowest BCUT2D eigenvalue weighted by Gasteiger charge is -2.01. The summed E-state index contributed by atoms with van der Waals surface area (Å²) in [5.74, 6) is 0.659. The topological polar surface area (TPSA) is 35.5 Å². The Kier molecular flexibility index (Phi) is 4.83. The Morgan fingerprint density at radius 2 is 1.88 bits per heavy atom. The first-order valence-corrected chi connectivity index (χ1v) is 5.48. The Morgan fingerprint density at radius 1 is 1.25 bits per heavy atom. The molecule has 1 atom stereocenters. The summed E-state index contributed by atoms with van der Waals surface area (Å²) in [7, 11) is 0. The number of ether oxygens (including phenoxy) is 2. The van der Waals surface area contributed by atoms with Crippen LogP contribution in [0.3, 0.4) is 0 Å². The minimum atomic E-state index is -0.549. The van der Waals surface area contributed by atoms with Crippen LogP contribution in [0.25, 0.3) is 0 Å². The van der Waals surface area contributed by atoms with Crippen LogP contribution in [0, 0.1) is 0 Å². The Morgan fingerprint density at radius 3 is 2.12 bits per heavy atom. The van der Waals surface area contributed by atoms with E-state index in [0.29, 0.717) is 12.5 Å². The summed E-state index contributed by atoms with van der Waals surface area (Å²) in [5.41, 5.74) is 1.41. The largest absolute Gasteiger partial charge is 0.508 e. The fraction of sp³-hybridized carbons (Fsp3) is 0.462. The molecule has 3 heteroatoms. The monoisotopic (exact) mass is 222 g/mol. The fourth-order valence-corrected chi connectivity index (χ4v) is 1.26. The zero-order valence-corrected chi connectivity index (χ0v) is 9.97. The van der Waals surface area contributed by atoms with E-state index in [1.54, 1.807) is 6.92 Å². The highest BCUT2D eigenvalue weighted by atomic mass is 16.8. The van der Waals surface area contributed by atoms with Crippen molar-refractivity contribution in [3.8, 4) is 0 Å². The van der Waals surface area contributed by atoms with Crippen molar-refractivity contribution < 1.29 is 14.3 Å². The van der Waals surface area contributed by atoms with Gasteiger partial charge in [-0.05, 0) is 18.4 Å². The molecule has 0 saturated carbocycles. The van der Waals surface area contributed by atoms with Crippen LogP contribution >= 0.6 is 0 Å². The van der Waals surface area contributed by atoms with Crippen molar-refractivity contribution in [1.29, 1.82) is 0 Å². The number of benzene rings is 1. The number of hydrogen-bond acceptors (Lipinski definition) is 3. The summed E-state index contributed by atoms with van der Waals surface area (Å²) in [6.07, 6.45) is -0.597. The van der Waals surface area contributed by atoms with Gasteiger partial charge >= 0.3 is 6.16 Å². The maximum atomic E-state index is 10.0. The van der Waals surface area contributed by atoms with Crippen LogP contribution < -0.4 is 0 Å². The molecule has 1 aromatic carbocycles. The van der Waals surface area contributed by atoms with Gasteiger partial charge in [0, 0.05) is 0 Å². The van der Waals surface area contributed by atoms with E-state index in [2.05, 4.69) is 47.6 Å². The molecular weight excluding hydrogens is 204 g/mol. The van der Waals surface area contributed by atoms with E-state index in [1.165, 1.54) is 5.56 Å². The highest BCUT2D eigenvalue weighted by Crippen LogP contribution is 2.11. The molecule has 1 aliphatic heterocycles. The van der Waals surface area contributed by atoms with Crippen molar-refractivity contribution in [1.82, 2.24) is 0 Å². The molecule has 0 N–H and O–H groups in total. The third-order valence-corrected chi connectivity index (χ3v) is 2.20. The SMILES string of the molecule is CC(C)c1ccccc1.CC1COC(=O)O1. The summed E-state index contributed by atoms with van der Waals surface area (Å²) in [5, 5.41) is 0. The fourth-order valence-electron chi connectivity index (χ4n) is 1.26. The van der Waals surface area contributed by atoms with Crippen molar-refractivity contribution in [3.63, 3.8) is 0 Å². The van der Waals surface area contributed by atoms with E-state index in [1.807, 2.05) is 6.07 Å². The van der Waals surface area contributed by atoms with E-state index in [9.17, 15) is 4.79 Å². The predicted octanol–water partition coefficient (Wildman–Crippen LogP) is 3.35. The third-order valence-electron chi connectivity index (χ3n) is 2.20. The van der Waals surface area contributed by atoms with Crippen molar-refractivity contribution in [3.05, 3.63) is 35.9 Å². The van der Waals surface area contributed by atoms with Gasteiger partial charge in [0.15, 0.2) is 0 Å². The maximum Gasteiger partial charge on any atom is 0.508 e. The van der Waals surface area contributed by atoms with E-state index in [4.69, 9.17) is 0 Å². The number of hydrogen-bond donors (Lipinski definition) is 0. The lowest BCUT2D eigenvalue weighted by molar-refractivity contribution is 0.121. The minimum absolute atomic E-state index is 0.0486. The second kappa shape index (κ2) is 6.16. The van der Waals surface area contributed by atoms with E-state index < -0.39 is 6.16 Å². The highest BCUT2D eigenvalue weighted by molar-refractivity contribution is 5.61. The molecule has 3 nitrogen and oxygen atoms in total. The normalized spacial score (nSPS) is 18.5. The lowest BCUT2D eigenvalue weighted by atomic mass is 10.0. The molecule has 1 fully saturated rings. The van der Waals surface area contributed by atoms with Crippen LogP contribution in [0.2, 0.25) is 0 Å². The summed E-state index contributed by atoms with van der Waals surface area (Å²) < 4.78 is 8.90. The molecule has 0 radical (unpaired) electrons. The molecule has 1 aromatic rings. The molecule has 0 amide bonds. The van der Waals surface area contributed by atoms with Gasteiger partial charge in [0.1, 0.15) is 12.7 Å². The Labute approximate surface area is 96.4 Å². The van der Waals surface area contributed by atoms with Gasteiger partial charge in [0.05, 0.1) is 0 Å². The van der Waals surface area contributed by atoms with Crippen LogP contribution in [-0.2, 0) is 9.47 Å². The van der Waals surface area contributed by atoms with Crippen molar-refractivity contribution in [2.75, 3.05) is 6.61 Å². The third kappa shape index (κ3) is 4.34. The molecule has 0 aromatic heterocycles. The average Bonchev–Trinajstić information content (AvgIpc) is 2.65. The quantitative estimate of drug-likeness (QED) is 0.683. The van der Waals surface area contributed by atoms with Crippen LogP contribution in [-0.4, -0.2) is 18.9 Å². The van der Waals surface area contributed by atoms with Gasteiger partial charge in [-0.1, -0.05) is 44.2 Å². The van der Waals surface area contributed by atoms with Crippen LogP contribution in [0.1, 0.15) is 32.3 Å². The van der Waals surface area contributed by atoms with Crippen LogP contribution in [0.4, 0.5) is 4.79 Å². The zero-order valence-electron chi connectivity index (χ0n) is 9.97. The second-order valence-electron chi connectivity index (χ2n) is 4.05. The van der Waals surface area contributed by atoms with Gasteiger partial charge in [-0.3, -0.25) is 0 Å². The first-order chi connectivity index (χ1) is 7.59. The number of carbonyl (C=O) groups excluding carboxylic acids is 1. The molecule has 1 heterocycles. The van der Waals surface area contributed by atoms with Gasteiger partial charge in [0.2, 0.25) is 0 Å². The lowest BCUT2D eigenvalue weighted by Crippen LogP contribution is -2.01. The Bertz CT molecular complexity index is 319. The zero-order chi connectivity index (χ0) is 12.0. The van der Waals surface area contributed by atoms with Gasteiger partial charge in [-0.25, -0.2) is 4.79 Å². The highest BCUT2D eigenvalue weighted by Gasteiger charge is 2.19. The summed E-state index contributed by atoms with van der Waals surface area (Å²) in [4.78, 5) is 10.0. The summed E-state index contributed by atoms with van der Waals surface area (Å²) in [6.45, 7) is 6.59. The molecular formula is C13H18O3. The second-order valence-corrected chi connectivity index (χ2v) is 4.05. The molecule has 88 valence electrons.